The molecule has 0 aromatic heterocycles. The highest BCUT2D eigenvalue weighted by molar-refractivity contribution is 8.18. The molecular weight excluding hydrogens is 405 g/mol. The molecule has 9 heteroatoms. The maximum absolute atomic E-state index is 12.9. The van der Waals surface area contributed by atoms with Crippen LogP contribution in [-0.4, -0.2) is 17.1 Å². The number of amides is 3. The van der Waals surface area contributed by atoms with Crippen LogP contribution in [0.5, 0.6) is 0 Å². The van der Waals surface area contributed by atoms with Crippen LogP contribution in [-0.2, 0) is 11.0 Å². The first-order valence-corrected chi connectivity index (χ1v) is 9.28. The molecule has 1 saturated heterocycles. The van der Waals surface area contributed by atoms with E-state index in [-0.39, 0.29) is 4.91 Å². The number of carbonyl (C=O) groups is 3. The summed E-state index contributed by atoms with van der Waals surface area (Å²) < 4.78 is 38.6. The Morgan fingerprint density at radius 3 is 2.41 bits per heavy atom. The SMILES string of the molecule is CC(NC(=O)c1ccc(C=C2SC(=O)NC2=O)cc1)c1cccc(C(F)(F)F)c1. The smallest absolute Gasteiger partial charge is 0.346 e. The molecule has 2 aromatic carbocycles. The molecule has 1 atom stereocenters. The minimum Gasteiger partial charge on any atom is -0.346 e. The lowest BCUT2D eigenvalue weighted by atomic mass is 10.0. The molecule has 5 nitrogen and oxygen atoms in total. The predicted octanol–water partition coefficient (Wildman–Crippen LogP) is 4.52. The highest BCUT2D eigenvalue weighted by atomic mass is 32.2. The Hall–Kier alpha value is -3.07. The zero-order valence-corrected chi connectivity index (χ0v) is 15.9. The van der Waals surface area contributed by atoms with Gasteiger partial charge >= 0.3 is 6.18 Å². The average Bonchev–Trinajstić information content (AvgIpc) is 2.98. The fourth-order valence-electron chi connectivity index (χ4n) is 2.65. The number of hydrogen-bond donors (Lipinski definition) is 2. The highest BCUT2D eigenvalue weighted by Gasteiger charge is 2.30. The Kier molecular flexibility index (Phi) is 5.78. The summed E-state index contributed by atoms with van der Waals surface area (Å²) in [5.74, 6) is -0.922. The van der Waals surface area contributed by atoms with Gasteiger partial charge in [-0.15, -0.1) is 0 Å². The third kappa shape index (κ3) is 5.05. The first-order chi connectivity index (χ1) is 13.6. The van der Waals surface area contributed by atoms with E-state index in [0.717, 1.165) is 23.9 Å². The summed E-state index contributed by atoms with van der Waals surface area (Å²) in [5.41, 5.74) is 0.495. The normalized spacial score (nSPS) is 16.6. The largest absolute Gasteiger partial charge is 0.416 e. The summed E-state index contributed by atoms with van der Waals surface area (Å²) >= 11 is 0.790. The van der Waals surface area contributed by atoms with Crippen molar-refractivity contribution >= 4 is 34.9 Å². The average molecular weight is 420 g/mol. The highest BCUT2D eigenvalue weighted by Crippen LogP contribution is 2.31. The van der Waals surface area contributed by atoms with Gasteiger partial charge in [-0.05, 0) is 60.2 Å². The van der Waals surface area contributed by atoms with Crippen LogP contribution in [0.2, 0.25) is 0 Å². The van der Waals surface area contributed by atoms with Gasteiger partial charge in [0.25, 0.3) is 17.1 Å². The molecule has 1 aliphatic rings. The summed E-state index contributed by atoms with van der Waals surface area (Å²) in [7, 11) is 0. The number of alkyl halides is 3. The van der Waals surface area contributed by atoms with E-state index in [2.05, 4.69) is 10.6 Å². The maximum atomic E-state index is 12.9. The van der Waals surface area contributed by atoms with E-state index < -0.39 is 34.8 Å². The molecule has 2 N–H and O–H groups in total. The number of rotatable bonds is 4. The van der Waals surface area contributed by atoms with Crippen molar-refractivity contribution in [1.82, 2.24) is 10.6 Å². The van der Waals surface area contributed by atoms with Crippen LogP contribution >= 0.6 is 11.8 Å². The molecule has 0 spiro atoms. The number of hydrogen-bond acceptors (Lipinski definition) is 4. The van der Waals surface area contributed by atoms with Gasteiger partial charge in [0.2, 0.25) is 0 Å². The van der Waals surface area contributed by atoms with Gasteiger partial charge in [-0.1, -0.05) is 24.3 Å². The van der Waals surface area contributed by atoms with E-state index in [4.69, 9.17) is 0 Å². The van der Waals surface area contributed by atoms with Gasteiger partial charge in [0.15, 0.2) is 0 Å². The molecule has 0 radical (unpaired) electrons. The summed E-state index contributed by atoms with van der Waals surface area (Å²) in [6, 6.07) is 10.4. The van der Waals surface area contributed by atoms with Gasteiger partial charge in [-0.25, -0.2) is 0 Å². The lowest BCUT2D eigenvalue weighted by molar-refractivity contribution is -0.137. The molecule has 0 bridgehead atoms. The fraction of sp³-hybridized carbons (Fsp3) is 0.150. The molecule has 0 saturated carbocycles. The first-order valence-electron chi connectivity index (χ1n) is 8.46. The summed E-state index contributed by atoms with van der Waals surface area (Å²) in [4.78, 5) is 35.4. The van der Waals surface area contributed by atoms with Crippen LogP contribution in [0.15, 0.2) is 53.4 Å². The summed E-state index contributed by atoms with van der Waals surface area (Å²) in [6.45, 7) is 1.60. The summed E-state index contributed by atoms with van der Waals surface area (Å²) in [5, 5.41) is 4.37. The first kappa shape index (κ1) is 20.7. The topological polar surface area (TPSA) is 75.3 Å². The van der Waals surface area contributed by atoms with Crippen molar-refractivity contribution in [3.05, 3.63) is 75.7 Å². The molecule has 1 heterocycles. The molecule has 3 rings (SSSR count). The third-order valence-electron chi connectivity index (χ3n) is 4.17. The van der Waals surface area contributed by atoms with Gasteiger partial charge in [0.1, 0.15) is 0 Å². The van der Waals surface area contributed by atoms with E-state index in [1.54, 1.807) is 19.1 Å². The lowest BCUT2D eigenvalue weighted by Gasteiger charge is -2.16. The second kappa shape index (κ2) is 8.12. The minimum absolute atomic E-state index is 0.255. The van der Waals surface area contributed by atoms with E-state index in [0.29, 0.717) is 16.7 Å². The van der Waals surface area contributed by atoms with Crippen LogP contribution in [0.3, 0.4) is 0 Å². The van der Waals surface area contributed by atoms with E-state index in [9.17, 15) is 27.6 Å². The van der Waals surface area contributed by atoms with Gasteiger partial charge < -0.3 is 5.32 Å². The predicted molar refractivity (Wildman–Crippen MR) is 103 cm³/mol. The second-order valence-electron chi connectivity index (χ2n) is 6.29. The van der Waals surface area contributed by atoms with Crippen molar-refractivity contribution < 1.29 is 27.6 Å². The van der Waals surface area contributed by atoms with Crippen molar-refractivity contribution in [3.8, 4) is 0 Å². The van der Waals surface area contributed by atoms with Gasteiger partial charge in [-0.2, -0.15) is 13.2 Å². The number of benzene rings is 2. The Balaban J connectivity index is 1.69. The molecule has 3 amide bonds. The molecule has 1 aliphatic heterocycles. The zero-order valence-electron chi connectivity index (χ0n) is 15.0. The van der Waals surface area contributed by atoms with E-state index in [1.165, 1.54) is 30.3 Å². The Morgan fingerprint density at radius 1 is 1.14 bits per heavy atom. The van der Waals surface area contributed by atoms with Crippen molar-refractivity contribution in [2.45, 2.75) is 19.1 Å². The summed E-state index contributed by atoms with van der Waals surface area (Å²) in [6.07, 6.45) is -2.93. The van der Waals surface area contributed by atoms with Crippen molar-refractivity contribution in [2.75, 3.05) is 0 Å². The van der Waals surface area contributed by atoms with Gasteiger partial charge in [0, 0.05) is 5.56 Å². The number of imide groups is 1. The number of thioether (sulfide) groups is 1. The quantitative estimate of drug-likeness (QED) is 0.714. The molecule has 1 unspecified atom stereocenters. The third-order valence-corrected chi connectivity index (χ3v) is 4.98. The Labute approximate surface area is 168 Å². The Bertz CT molecular complexity index is 1000. The molecule has 2 aromatic rings. The van der Waals surface area contributed by atoms with Crippen molar-refractivity contribution in [1.29, 1.82) is 0 Å². The van der Waals surface area contributed by atoms with Gasteiger partial charge in [-0.3, -0.25) is 19.7 Å². The molecule has 1 fully saturated rings. The van der Waals surface area contributed by atoms with Crippen LogP contribution in [0, 0.1) is 0 Å². The van der Waals surface area contributed by atoms with Crippen molar-refractivity contribution in [3.63, 3.8) is 0 Å². The van der Waals surface area contributed by atoms with Crippen molar-refractivity contribution in [2.24, 2.45) is 0 Å². The zero-order chi connectivity index (χ0) is 21.2. The molecular formula is C20H15F3N2O3S. The van der Waals surface area contributed by atoms with Crippen LogP contribution in [0.4, 0.5) is 18.0 Å². The van der Waals surface area contributed by atoms with E-state index in [1.807, 2.05) is 0 Å². The van der Waals surface area contributed by atoms with Crippen LogP contribution in [0.25, 0.3) is 6.08 Å². The standard InChI is InChI=1S/C20H15F3N2O3S/c1-11(14-3-2-4-15(10-14)20(21,22)23)24-17(26)13-7-5-12(6-8-13)9-16-18(27)25-19(28)29-16/h2-11H,1H3,(H,24,26)(H,25,27,28). The minimum atomic E-state index is -4.46. The van der Waals surface area contributed by atoms with Crippen LogP contribution < -0.4 is 10.6 Å². The Morgan fingerprint density at radius 2 is 1.83 bits per heavy atom. The fourth-order valence-corrected chi connectivity index (χ4v) is 3.33. The lowest BCUT2D eigenvalue weighted by Crippen LogP contribution is -2.26. The molecule has 0 aliphatic carbocycles. The molecule has 150 valence electrons. The van der Waals surface area contributed by atoms with Gasteiger partial charge in [0.05, 0.1) is 16.5 Å². The number of halogens is 3. The number of nitrogens with one attached hydrogen (secondary N) is 2. The van der Waals surface area contributed by atoms with E-state index >= 15 is 0 Å². The molecule has 29 heavy (non-hydrogen) atoms. The second-order valence-corrected chi connectivity index (χ2v) is 7.31. The maximum Gasteiger partial charge on any atom is 0.416 e. The number of carbonyl (C=O) groups excluding carboxylic acids is 3. The van der Waals surface area contributed by atoms with Crippen LogP contribution in [0.1, 0.15) is 40.0 Å². The monoisotopic (exact) mass is 420 g/mol.